The highest BCUT2D eigenvalue weighted by molar-refractivity contribution is 5.21. The van der Waals surface area contributed by atoms with Crippen molar-refractivity contribution in [3.8, 4) is 11.8 Å². The minimum Gasteiger partial charge on any atom is -0.389 e. The van der Waals surface area contributed by atoms with Crippen LogP contribution in [0.5, 0.6) is 0 Å². The number of aliphatic hydroxyl groups excluding tert-OH is 1. The van der Waals surface area contributed by atoms with Crippen LogP contribution >= 0.6 is 0 Å². The third-order valence-electron chi connectivity index (χ3n) is 8.17. The molecule has 1 N–H and O–H groups in total. The molecule has 35 heavy (non-hydrogen) atoms. The van der Waals surface area contributed by atoms with Crippen LogP contribution < -0.4 is 0 Å². The Morgan fingerprint density at radius 1 is 1.14 bits per heavy atom. The van der Waals surface area contributed by atoms with E-state index in [1.165, 1.54) is 0 Å². The highest BCUT2D eigenvalue weighted by atomic mass is 19.1. The monoisotopic (exact) mass is 490 g/mol. The van der Waals surface area contributed by atoms with Gasteiger partial charge in [0.25, 0.3) is 0 Å². The summed E-state index contributed by atoms with van der Waals surface area (Å²) in [7, 11) is 0. The summed E-state index contributed by atoms with van der Waals surface area (Å²) in [5, 5.41) is 9.33. The molecule has 4 fully saturated rings. The molecule has 2 aliphatic heterocycles. The van der Waals surface area contributed by atoms with Crippen LogP contribution in [0.15, 0.2) is 23.6 Å². The van der Waals surface area contributed by atoms with Crippen LogP contribution in [0.2, 0.25) is 0 Å². The van der Waals surface area contributed by atoms with Gasteiger partial charge in [-0.15, -0.1) is 11.8 Å². The van der Waals surface area contributed by atoms with Crippen molar-refractivity contribution >= 4 is 0 Å². The molecule has 2 saturated carbocycles. The predicted molar refractivity (Wildman–Crippen MR) is 133 cm³/mol. The lowest BCUT2D eigenvalue weighted by Crippen LogP contribution is -2.32. The SMILES string of the molecule is CC#CCC(C)[C@@H](C=C[C@@H]1[C@H]2CC(=C(F)CO)C[C@H]2C[C@H]1OC1CCCCO1)OC1CCCCO1. The predicted octanol–water partition coefficient (Wildman–Crippen LogP) is 5.68. The molecule has 2 heterocycles. The molecule has 196 valence electrons. The van der Waals surface area contributed by atoms with E-state index in [1.807, 2.05) is 6.92 Å². The Morgan fingerprint density at radius 2 is 1.89 bits per heavy atom. The summed E-state index contributed by atoms with van der Waals surface area (Å²) < 4.78 is 39.0. The Balaban J connectivity index is 1.51. The van der Waals surface area contributed by atoms with Crippen LogP contribution in [0.3, 0.4) is 0 Å². The first kappa shape index (κ1) is 26.8. The second-order valence-electron chi connectivity index (χ2n) is 10.7. The van der Waals surface area contributed by atoms with Crippen molar-refractivity contribution in [2.45, 2.75) is 103 Å². The first-order chi connectivity index (χ1) is 17.1. The van der Waals surface area contributed by atoms with E-state index in [9.17, 15) is 9.50 Å². The zero-order valence-corrected chi connectivity index (χ0v) is 21.4. The van der Waals surface area contributed by atoms with Gasteiger partial charge in [-0.2, -0.15) is 0 Å². The summed E-state index contributed by atoms with van der Waals surface area (Å²) in [6, 6.07) is 0. The number of halogens is 1. The smallest absolute Gasteiger partial charge is 0.158 e. The van der Waals surface area contributed by atoms with E-state index in [1.54, 1.807) is 0 Å². The molecule has 0 bridgehead atoms. The molecule has 0 amide bonds. The van der Waals surface area contributed by atoms with E-state index in [-0.39, 0.29) is 42.5 Å². The summed E-state index contributed by atoms with van der Waals surface area (Å²) in [6.07, 6.45) is 13.4. The standard InChI is InChI=1S/C29H43FO5/c1-3-4-9-20(2)26(34-28-10-5-7-14-32-28)13-12-23-24-17-22(25(30)19-31)16-21(24)18-27(23)35-29-11-6-8-15-33-29/h12-13,20-21,23-24,26-29,31H,5-11,14-19H2,1-2H3/t20?,21-,23+,24-,26+,27+,28?,29?/m0/s1. The number of fused-ring (bicyclic) bond motifs is 1. The molecular weight excluding hydrogens is 447 g/mol. The van der Waals surface area contributed by atoms with E-state index in [2.05, 4.69) is 30.9 Å². The molecule has 0 radical (unpaired) electrons. The summed E-state index contributed by atoms with van der Waals surface area (Å²) in [5.41, 5.74) is 0.781. The van der Waals surface area contributed by atoms with Crippen molar-refractivity contribution in [3.05, 3.63) is 23.6 Å². The molecule has 3 unspecified atom stereocenters. The number of hydrogen-bond acceptors (Lipinski definition) is 5. The maximum atomic E-state index is 14.3. The molecule has 0 spiro atoms. The Hall–Kier alpha value is -1.23. The van der Waals surface area contributed by atoms with Crippen molar-refractivity contribution < 1.29 is 28.4 Å². The highest BCUT2D eigenvalue weighted by Gasteiger charge is 2.48. The third-order valence-corrected chi connectivity index (χ3v) is 8.17. The fraction of sp³-hybridized carbons (Fsp3) is 0.793. The van der Waals surface area contributed by atoms with Crippen LogP contribution in [0, 0.1) is 35.5 Å². The maximum absolute atomic E-state index is 14.3. The van der Waals surface area contributed by atoms with Gasteiger partial charge in [-0.3, -0.25) is 0 Å². The molecule has 8 atom stereocenters. The first-order valence-corrected chi connectivity index (χ1v) is 13.7. The van der Waals surface area contributed by atoms with Gasteiger partial charge in [-0.25, -0.2) is 4.39 Å². The summed E-state index contributed by atoms with van der Waals surface area (Å²) in [6.45, 7) is 5.05. The highest BCUT2D eigenvalue weighted by Crippen LogP contribution is 2.52. The second kappa shape index (κ2) is 13.4. The Kier molecular flexibility index (Phi) is 10.2. The molecule has 2 aliphatic carbocycles. The Morgan fingerprint density at radius 3 is 2.54 bits per heavy atom. The van der Waals surface area contributed by atoms with Crippen LogP contribution in [-0.4, -0.2) is 49.7 Å². The molecule has 4 rings (SSSR count). The quantitative estimate of drug-likeness (QED) is 0.333. The van der Waals surface area contributed by atoms with Gasteiger partial charge >= 0.3 is 0 Å². The van der Waals surface area contributed by atoms with E-state index in [0.29, 0.717) is 24.7 Å². The van der Waals surface area contributed by atoms with Crippen LogP contribution in [0.25, 0.3) is 0 Å². The van der Waals surface area contributed by atoms with E-state index in [0.717, 1.165) is 70.2 Å². The zero-order chi connectivity index (χ0) is 24.6. The lowest BCUT2D eigenvalue weighted by molar-refractivity contribution is -0.193. The van der Waals surface area contributed by atoms with Gasteiger partial charge in [0.15, 0.2) is 12.6 Å². The number of hydrogen-bond donors (Lipinski definition) is 1. The van der Waals surface area contributed by atoms with Crippen LogP contribution in [-0.2, 0) is 18.9 Å². The molecular formula is C29H43FO5. The fourth-order valence-corrected chi connectivity index (χ4v) is 6.18. The van der Waals surface area contributed by atoms with Gasteiger partial charge in [0.05, 0.1) is 18.8 Å². The minimum absolute atomic E-state index is 0.0559. The van der Waals surface area contributed by atoms with E-state index in [4.69, 9.17) is 18.9 Å². The maximum Gasteiger partial charge on any atom is 0.158 e. The van der Waals surface area contributed by atoms with Crippen molar-refractivity contribution in [2.24, 2.45) is 23.7 Å². The summed E-state index contributed by atoms with van der Waals surface area (Å²) >= 11 is 0. The van der Waals surface area contributed by atoms with E-state index < -0.39 is 6.61 Å². The largest absolute Gasteiger partial charge is 0.389 e. The molecule has 0 aromatic carbocycles. The van der Waals surface area contributed by atoms with Gasteiger partial charge < -0.3 is 24.1 Å². The second-order valence-corrected chi connectivity index (χ2v) is 10.7. The Labute approximate surface area is 210 Å². The van der Waals surface area contributed by atoms with Gasteiger partial charge in [-0.1, -0.05) is 19.1 Å². The zero-order valence-electron chi connectivity index (χ0n) is 21.4. The molecule has 4 aliphatic rings. The van der Waals surface area contributed by atoms with Gasteiger partial charge in [-0.05, 0) is 88.0 Å². The molecule has 6 heteroatoms. The molecule has 0 aromatic rings. The molecule has 0 aromatic heterocycles. The van der Waals surface area contributed by atoms with Crippen molar-refractivity contribution in [2.75, 3.05) is 19.8 Å². The molecule has 5 nitrogen and oxygen atoms in total. The van der Waals surface area contributed by atoms with E-state index >= 15 is 0 Å². The van der Waals surface area contributed by atoms with Crippen LogP contribution in [0.1, 0.15) is 78.1 Å². The van der Waals surface area contributed by atoms with Gasteiger partial charge in [0, 0.05) is 25.6 Å². The number of aliphatic hydroxyl groups is 1. The van der Waals surface area contributed by atoms with Crippen molar-refractivity contribution in [3.63, 3.8) is 0 Å². The fourth-order valence-electron chi connectivity index (χ4n) is 6.18. The lowest BCUT2D eigenvalue weighted by Gasteiger charge is -2.31. The third kappa shape index (κ3) is 7.17. The number of ether oxygens (including phenoxy) is 4. The summed E-state index contributed by atoms with van der Waals surface area (Å²) in [4.78, 5) is 0. The average Bonchev–Trinajstić information content (AvgIpc) is 3.44. The van der Waals surface area contributed by atoms with Crippen molar-refractivity contribution in [1.82, 2.24) is 0 Å². The number of rotatable bonds is 9. The average molecular weight is 491 g/mol. The topological polar surface area (TPSA) is 57.2 Å². The minimum atomic E-state index is -0.502. The van der Waals surface area contributed by atoms with Crippen molar-refractivity contribution in [1.29, 1.82) is 0 Å². The normalized spacial score (nSPS) is 36.5. The Bertz CT molecular complexity index is 787. The van der Waals surface area contributed by atoms with Gasteiger partial charge in [0.1, 0.15) is 5.83 Å². The lowest BCUT2D eigenvalue weighted by atomic mass is 9.89. The summed E-state index contributed by atoms with van der Waals surface area (Å²) in [5.74, 6) is 6.93. The van der Waals surface area contributed by atoms with Crippen LogP contribution in [0.4, 0.5) is 4.39 Å². The first-order valence-electron chi connectivity index (χ1n) is 13.7. The van der Waals surface area contributed by atoms with Gasteiger partial charge in [0.2, 0.25) is 0 Å². The number of allylic oxidation sites excluding steroid dienone is 1. The molecule has 2 saturated heterocycles.